The lowest BCUT2D eigenvalue weighted by atomic mass is 10.1. The summed E-state index contributed by atoms with van der Waals surface area (Å²) in [7, 11) is 0. The minimum absolute atomic E-state index is 0.499. The first kappa shape index (κ1) is 16.5. The quantitative estimate of drug-likeness (QED) is 0.752. The van der Waals surface area contributed by atoms with Crippen molar-refractivity contribution < 1.29 is 0 Å². The van der Waals surface area contributed by atoms with Crippen molar-refractivity contribution in [2.75, 3.05) is 23.3 Å². The number of nitriles is 1. The summed E-state index contributed by atoms with van der Waals surface area (Å²) in [5.74, 6) is 0.499. The maximum Gasteiger partial charge on any atom is 0.229 e. The summed E-state index contributed by atoms with van der Waals surface area (Å²) in [5, 5.41) is 13.5. The van der Waals surface area contributed by atoms with E-state index >= 15 is 0 Å². The van der Waals surface area contributed by atoms with E-state index in [2.05, 4.69) is 31.2 Å². The number of nitrogens with zero attached hydrogens (tertiary/aromatic N) is 5. The van der Waals surface area contributed by atoms with Crippen molar-refractivity contribution in [3.05, 3.63) is 47.1 Å². The summed E-state index contributed by atoms with van der Waals surface area (Å²) >= 11 is 1.56. The van der Waals surface area contributed by atoms with Gasteiger partial charge < -0.3 is 10.2 Å². The largest absolute Gasteiger partial charge is 0.370 e. The first-order valence-corrected chi connectivity index (χ1v) is 9.36. The van der Waals surface area contributed by atoms with Gasteiger partial charge in [0, 0.05) is 35.9 Å². The Balaban J connectivity index is 1.63. The van der Waals surface area contributed by atoms with Gasteiger partial charge in [0.05, 0.1) is 16.9 Å². The molecule has 6 nitrogen and oxygen atoms in total. The fraction of sp³-hybridized carbons (Fsp3) is 0.263. The van der Waals surface area contributed by atoms with Crippen LogP contribution in [0.25, 0.3) is 11.3 Å². The predicted molar refractivity (Wildman–Crippen MR) is 104 cm³/mol. The van der Waals surface area contributed by atoms with E-state index in [1.54, 1.807) is 17.5 Å². The molecule has 7 heteroatoms. The maximum atomic E-state index is 9.57. The molecule has 1 aliphatic rings. The third-order valence-corrected chi connectivity index (χ3v) is 5.18. The highest BCUT2D eigenvalue weighted by molar-refractivity contribution is 7.15. The number of nitrogens with one attached hydrogen (secondary N) is 1. The Labute approximate surface area is 156 Å². The Morgan fingerprint density at radius 3 is 2.77 bits per heavy atom. The van der Waals surface area contributed by atoms with E-state index in [0.717, 1.165) is 40.0 Å². The van der Waals surface area contributed by atoms with Crippen molar-refractivity contribution in [2.24, 2.45) is 0 Å². The van der Waals surface area contributed by atoms with Crippen molar-refractivity contribution >= 4 is 28.1 Å². The van der Waals surface area contributed by atoms with E-state index in [1.165, 1.54) is 12.8 Å². The van der Waals surface area contributed by atoms with Gasteiger partial charge in [-0.3, -0.25) is 0 Å². The van der Waals surface area contributed by atoms with E-state index in [4.69, 9.17) is 0 Å². The lowest BCUT2D eigenvalue weighted by molar-refractivity contribution is 0.949. The molecule has 1 fully saturated rings. The minimum Gasteiger partial charge on any atom is -0.370 e. The number of thiazole rings is 1. The van der Waals surface area contributed by atoms with Crippen LogP contribution in [0.15, 0.2) is 36.7 Å². The molecule has 130 valence electrons. The van der Waals surface area contributed by atoms with Gasteiger partial charge in [-0.1, -0.05) is 6.07 Å². The molecule has 0 amide bonds. The molecular formula is C19H18N6S. The summed E-state index contributed by atoms with van der Waals surface area (Å²) in [6.07, 6.45) is 5.90. The van der Waals surface area contributed by atoms with Gasteiger partial charge in [0.15, 0.2) is 5.13 Å². The second-order valence-electron chi connectivity index (χ2n) is 6.20. The second kappa shape index (κ2) is 7.10. The fourth-order valence-corrected chi connectivity index (χ4v) is 3.76. The molecule has 1 aliphatic heterocycles. The lowest BCUT2D eigenvalue weighted by Gasteiger charge is -2.19. The van der Waals surface area contributed by atoms with Gasteiger partial charge in [0.25, 0.3) is 0 Å². The van der Waals surface area contributed by atoms with Crippen molar-refractivity contribution in [2.45, 2.75) is 19.8 Å². The average Bonchev–Trinajstić information content (AvgIpc) is 3.33. The first-order valence-electron chi connectivity index (χ1n) is 8.55. The molecule has 0 radical (unpaired) electrons. The van der Waals surface area contributed by atoms with Crippen LogP contribution in [0.2, 0.25) is 0 Å². The molecular weight excluding hydrogens is 344 g/mol. The molecule has 1 aromatic carbocycles. The van der Waals surface area contributed by atoms with E-state index in [-0.39, 0.29) is 0 Å². The normalized spacial score (nSPS) is 13.6. The molecule has 2 aromatic heterocycles. The molecule has 4 rings (SSSR count). The Morgan fingerprint density at radius 1 is 1.19 bits per heavy atom. The standard InChI is InChI=1S/C19H18N6S/c1-13-12-22-19(26-13)24-18-21-7-6-16(23-18)14-4-5-17(15(10-14)11-20)25-8-2-3-9-25/h4-7,10,12H,2-3,8-9H2,1H3,(H,21,22,23,24). The third-order valence-electron chi connectivity index (χ3n) is 4.36. The zero-order valence-corrected chi connectivity index (χ0v) is 15.3. The van der Waals surface area contributed by atoms with E-state index in [1.807, 2.05) is 37.4 Å². The highest BCUT2D eigenvalue weighted by Crippen LogP contribution is 2.29. The van der Waals surface area contributed by atoms with Gasteiger partial charge >= 0.3 is 0 Å². The maximum absolute atomic E-state index is 9.57. The zero-order chi connectivity index (χ0) is 17.9. The van der Waals surface area contributed by atoms with Crippen LogP contribution in [0.4, 0.5) is 16.8 Å². The van der Waals surface area contributed by atoms with E-state index < -0.39 is 0 Å². The zero-order valence-electron chi connectivity index (χ0n) is 14.4. The summed E-state index contributed by atoms with van der Waals surface area (Å²) in [6, 6.07) is 10.1. The van der Waals surface area contributed by atoms with Crippen molar-refractivity contribution in [3.8, 4) is 17.3 Å². The Bertz CT molecular complexity index is 968. The van der Waals surface area contributed by atoms with Crippen LogP contribution in [0, 0.1) is 18.3 Å². The van der Waals surface area contributed by atoms with Gasteiger partial charge in [-0.15, -0.1) is 11.3 Å². The molecule has 0 unspecified atom stereocenters. The number of hydrogen-bond donors (Lipinski definition) is 1. The SMILES string of the molecule is Cc1cnc(Nc2nccc(-c3ccc(N4CCCC4)c(C#N)c3)n2)s1. The first-order chi connectivity index (χ1) is 12.7. The van der Waals surface area contributed by atoms with Crippen LogP contribution in [0.5, 0.6) is 0 Å². The average molecular weight is 362 g/mol. The molecule has 3 heterocycles. The number of rotatable bonds is 4. The lowest BCUT2D eigenvalue weighted by Crippen LogP contribution is -2.18. The van der Waals surface area contributed by atoms with Crippen LogP contribution < -0.4 is 10.2 Å². The minimum atomic E-state index is 0.499. The van der Waals surface area contributed by atoms with Gasteiger partial charge in [0.2, 0.25) is 5.95 Å². The Kier molecular flexibility index (Phi) is 4.50. The topological polar surface area (TPSA) is 77.7 Å². The van der Waals surface area contributed by atoms with Crippen LogP contribution in [0.1, 0.15) is 23.3 Å². The van der Waals surface area contributed by atoms with Gasteiger partial charge in [-0.2, -0.15) is 5.26 Å². The molecule has 3 aromatic rings. The number of aryl methyl sites for hydroxylation is 1. The molecule has 0 saturated carbocycles. The number of aromatic nitrogens is 3. The summed E-state index contributed by atoms with van der Waals surface area (Å²) in [5.41, 5.74) is 3.39. The fourth-order valence-electron chi connectivity index (χ4n) is 3.11. The number of benzene rings is 1. The molecule has 0 aliphatic carbocycles. The highest BCUT2D eigenvalue weighted by Gasteiger charge is 2.16. The summed E-state index contributed by atoms with van der Waals surface area (Å²) in [4.78, 5) is 16.5. The smallest absolute Gasteiger partial charge is 0.229 e. The van der Waals surface area contributed by atoms with Crippen molar-refractivity contribution in [3.63, 3.8) is 0 Å². The van der Waals surface area contributed by atoms with Crippen LogP contribution >= 0.6 is 11.3 Å². The van der Waals surface area contributed by atoms with Crippen LogP contribution in [0.3, 0.4) is 0 Å². The molecule has 0 atom stereocenters. The van der Waals surface area contributed by atoms with Crippen molar-refractivity contribution in [1.82, 2.24) is 15.0 Å². The number of anilines is 3. The summed E-state index contributed by atoms with van der Waals surface area (Å²) in [6.45, 7) is 4.04. The molecule has 1 N–H and O–H groups in total. The van der Waals surface area contributed by atoms with Crippen LogP contribution in [-0.2, 0) is 0 Å². The highest BCUT2D eigenvalue weighted by atomic mass is 32.1. The Hall–Kier alpha value is -2.98. The summed E-state index contributed by atoms with van der Waals surface area (Å²) < 4.78 is 0. The second-order valence-corrected chi connectivity index (χ2v) is 7.44. The van der Waals surface area contributed by atoms with Crippen molar-refractivity contribution in [1.29, 1.82) is 5.26 Å². The van der Waals surface area contributed by atoms with Gasteiger partial charge in [0.1, 0.15) is 6.07 Å². The van der Waals surface area contributed by atoms with E-state index in [0.29, 0.717) is 11.5 Å². The predicted octanol–water partition coefficient (Wildman–Crippen LogP) is 4.12. The Morgan fingerprint density at radius 2 is 2.04 bits per heavy atom. The third kappa shape index (κ3) is 3.37. The molecule has 0 spiro atoms. The monoisotopic (exact) mass is 362 g/mol. The molecule has 1 saturated heterocycles. The number of hydrogen-bond acceptors (Lipinski definition) is 7. The van der Waals surface area contributed by atoms with Gasteiger partial charge in [-0.25, -0.2) is 15.0 Å². The van der Waals surface area contributed by atoms with Crippen LogP contribution in [-0.4, -0.2) is 28.0 Å². The van der Waals surface area contributed by atoms with E-state index in [9.17, 15) is 5.26 Å². The van der Waals surface area contributed by atoms with Gasteiger partial charge in [-0.05, 0) is 38.0 Å². The molecule has 0 bridgehead atoms. The molecule has 26 heavy (non-hydrogen) atoms.